The van der Waals surface area contributed by atoms with Crippen LogP contribution in [0, 0.1) is 0 Å². The summed E-state index contributed by atoms with van der Waals surface area (Å²) in [6.45, 7) is 2.03. The quantitative estimate of drug-likeness (QED) is 0.815. The van der Waals surface area contributed by atoms with Crippen molar-refractivity contribution in [2.75, 3.05) is 7.11 Å². The summed E-state index contributed by atoms with van der Waals surface area (Å²) in [6, 6.07) is 5.64. The Balaban J connectivity index is 0.00000144. The minimum absolute atomic E-state index is 0. The third kappa shape index (κ3) is 3.20. The molecule has 0 aliphatic heterocycles. The molecule has 1 unspecified atom stereocenters. The van der Waals surface area contributed by atoms with Crippen LogP contribution in [0.15, 0.2) is 18.2 Å². The molecule has 1 aromatic heterocycles. The summed E-state index contributed by atoms with van der Waals surface area (Å²) in [5, 5.41) is 0. The molecule has 0 aliphatic rings. The Labute approximate surface area is 84.7 Å². The van der Waals surface area contributed by atoms with E-state index in [1.807, 2.05) is 25.1 Å². The minimum atomic E-state index is 0. The van der Waals surface area contributed by atoms with Gasteiger partial charge in [-0.2, -0.15) is 0 Å². The third-order valence-corrected chi connectivity index (χ3v) is 1.77. The summed E-state index contributed by atoms with van der Waals surface area (Å²) >= 11 is 0. The second-order valence-electron chi connectivity index (χ2n) is 2.62. The zero-order chi connectivity index (χ0) is 8.97. The molecule has 1 aromatic rings. The van der Waals surface area contributed by atoms with Crippen LogP contribution in [0.4, 0.5) is 0 Å². The van der Waals surface area contributed by atoms with Gasteiger partial charge >= 0.3 is 0 Å². The van der Waals surface area contributed by atoms with Gasteiger partial charge in [0.25, 0.3) is 0 Å². The fourth-order valence-corrected chi connectivity index (χ4v) is 0.960. The van der Waals surface area contributed by atoms with E-state index in [-0.39, 0.29) is 18.4 Å². The molecule has 1 heterocycles. The van der Waals surface area contributed by atoms with Gasteiger partial charge in [0.15, 0.2) is 0 Å². The van der Waals surface area contributed by atoms with E-state index in [4.69, 9.17) is 10.5 Å². The molecule has 0 radical (unpaired) electrons. The number of nitrogens with two attached hydrogens (primary N) is 1. The Morgan fingerprint density at radius 1 is 1.54 bits per heavy atom. The van der Waals surface area contributed by atoms with Gasteiger partial charge in [0.1, 0.15) is 0 Å². The average molecular weight is 203 g/mol. The minimum Gasteiger partial charge on any atom is -0.481 e. The number of aromatic nitrogens is 1. The van der Waals surface area contributed by atoms with Gasteiger partial charge in [-0.3, -0.25) is 0 Å². The highest BCUT2D eigenvalue weighted by Gasteiger charge is 2.04. The molecule has 4 heteroatoms. The first kappa shape index (κ1) is 12.2. The van der Waals surface area contributed by atoms with Crippen LogP contribution in [0.5, 0.6) is 5.88 Å². The standard InChI is InChI=1S/C9H14N2O.ClH/c1-3-7(10)8-5-4-6-9(11-8)12-2;/h4-7H,3,10H2,1-2H3;1H. The van der Waals surface area contributed by atoms with Crippen LogP contribution in [0.1, 0.15) is 25.1 Å². The van der Waals surface area contributed by atoms with Gasteiger partial charge in [-0.15, -0.1) is 12.4 Å². The fraction of sp³-hybridized carbons (Fsp3) is 0.444. The van der Waals surface area contributed by atoms with Crippen LogP contribution >= 0.6 is 12.4 Å². The van der Waals surface area contributed by atoms with E-state index in [0.717, 1.165) is 12.1 Å². The molecule has 74 valence electrons. The fourth-order valence-electron chi connectivity index (χ4n) is 0.960. The predicted molar refractivity (Wildman–Crippen MR) is 55.3 cm³/mol. The van der Waals surface area contributed by atoms with Gasteiger partial charge in [0, 0.05) is 12.1 Å². The molecule has 2 N–H and O–H groups in total. The molecule has 0 spiro atoms. The molecule has 1 atom stereocenters. The van der Waals surface area contributed by atoms with E-state index < -0.39 is 0 Å². The second-order valence-corrected chi connectivity index (χ2v) is 2.62. The van der Waals surface area contributed by atoms with Gasteiger partial charge in [0.05, 0.1) is 12.8 Å². The van der Waals surface area contributed by atoms with Gasteiger partial charge in [-0.25, -0.2) is 4.98 Å². The molecule has 0 fully saturated rings. The van der Waals surface area contributed by atoms with E-state index in [9.17, 15) is 0 Å². The van der Waals surface area contributed by atoms with Crippen LogP contribution in [-0.4, -0.2) is 12.1 Å². The van der Waals surface area contributed by atoms with Crippen molar-refractivity contribution in [3.05, 3.63) is 23.9 Å². The van der Waals surface area contributed by atoms with E-state index in [1.54, 1.807) is 7.11 Å². The summed E-state index contributed by atoms with van der Waals surface area (Å²) in [4.78, 5) is 4.21. The maximum atomic E-state index is 5.80. The highest BCUT2D eigenvalue weighted by atomic mass is 35.5. The summed E-state index contributed by atoms with van der Waals surface area (Å²) in [5.74, 6) is 0.622. The summed E-state index contributed by atoms with van der Waals surface area (Å²) in [7, 11) is 1.60. The van der Waals surface area contributed by atoms with Crippen molar-refractivity contribution in [3.8, 4) is 5.88 Å². The van der Waals surface area contributed by atoms with Crippen LogP contribution in [0.3, 0.4) is 0 Å². The number of hydrogen-bond acceptors (Lipinski definition) is 3. The molecule has 0 saturated carbocycles. The van der Waals surface area contributed by atoms with Crippen molar-refractivity contribution in [2.45, 2.75) is 19.4 Å². The second kappa shape index (κ2) is 5.78. The monoisotopic (exact) mass is 202 g/mol. The van der Waals surface area contributed by atoms with Crippen LogP contribution in [-0.2, 0) is 0 Å². The summed E-state index contributed by atoms with van der Waals surface area (Å²) in [5.41, 5.74) is 6.69. The van der Waals surface area contributed by atoms with E-state index in [1.165, 1.54) is 0 Å². The number of methoxy groups -OCH3 is 1. The molecule has 0 amide bonds. The average Bonchev–Trinajstić information content (AvgIpc) is 2.17. The first-order valence-electron chi connectivity index (χ1n) is 4.04. The lowest BCUT2D eigenvalue weighted by atomic mass is 10.1. The van der Waals surface area contributed by atoms with Gasteiger partial charge < -0.3 is 10.5 Å². The van der Waals surface area contributed by atoms with Crippen LogP contribution in [0.2, 0.25) is 0 Å². The topological polar surface area (TPSA) is 48.1 Å². The number of ether oxygens (including phenoxy) is 1. The Morgan fingerprint density at radius 3 is 2.77 bits per heavy atom. The zero-order valence-corrected chi connectivity index (χ0v) is 8.67. The van der Waals surface area contributed by atoms with Gasteiger partial charge in [-0.05, 0) is 12.5 Å². The van der Waals surface area contributed by atoms with E-state index >= 15 is 0 Å². The molecule has 0 saturated heterocycles. The molecule has 0 aromatic carbocycles. The molecule has 3 nitrogen and oxygen atoms in total. The zero-order valence-electron chi connectivity index (χ0n) is 7.86. The maximum absolute atomic E-state index is 5.80. The lowest BCUT2D eigenvalue weighted by Crippen LogP contribution is -2.10. The van der Waals surface area contributed by atoms with Crippen molar-refractivity contribution in [3.63, 3.8) is 0 Å². The number of nitrogens with zero attached hydrogens (tertiary/aromatic N) is 1. The van der Waals surface area contributed by atoms with Crippen LogP contribution < -0.4 is 10.5 Å². The van der Waals surface area contributed by atoms with Crippen molar-refractivity contribution >= 4 is 12.4 Å². The lowest BCUT2D eigenvalue weighted by Gasteiger charge is -2.08. The highest BCUT2D eigenvalue weighted by Crippen LogP contribution is 2.14. The van der Waals surface area contributed by atoms with Crippen molar-refractivity contribution in [1.29, 1.82) is 0 Å². The van der Waals surface area contributed by atoms with Crippen LogP contribution in [0.25, 0.3) is 0 Å². The first-order chi connectivity index (χ1) is 5.77. The van der Waals surface area contributed by atoms with Gasteiger partial charge in [-0.1, -0.05) is 13.0 Å². The Morgan fingerprint density at radius 2 is 2.23 bits per heavy atom. The van der Waals surface area contributed by atoms with Crippen molar-refractivity contribution in [1.82, 2.24) is 4.98 Å². The molecule has 13 heavy (non-hydrogen) atoms. The van der Waals surface area contributed by atoms with Crippen molar-refractivity contribution < 1.29 is 4.74 Å². The Kier molecular flexibility index (Phi) is 5.42. The van der Waals surface area contributed by atoms with E-state index in [0.29, 0.717) is 5.88 Å². The predicted octanol–water partition coefficient (Wildman–Crippen LogP) is 1.92. The molecular formula is C9H15ClN2O. The molecule has 0 bridgehead atoms. The number of halogens is 1. The number of rotatable bonds is 3. The lowest BCUT2D eigenvalue weighted by molar-refractivity contribution is 0.394. The van der Waals surface area contributed by atoms with Gasteiger partial charge in [0.2, 0.25) is 5.88 Å². The first-order valence-corrected chi connectivity index (χ1v) is 4.04. The summed E-state index contributed by atoms with van der Waals surface area (Å²) < 4.78 is 4.98. The number of hydrogen-bond donors (Lipinski definition) is 1. The molecule has 1 rings (SSSR count). The normalized spacial score (nSPS) is 11.6. The smallest absolute Gasteiger partial charge is 0.213 e. The summed E-state index contributed by atoms with van der Waals surface area (Å²) in [6.07, 6.45) is 0.889. The largest absolute Gasteiger partial charge is 0.481 e. The van der Waals surface area contributed by atoms with Crippen molar-refractivity contribution in [2.24, 2.45) is 5.73 Å². The third-order valence-electron chi connectivity index (χ3n) is 1.77. The SMILES string of the molecule is CCC(N)c1cccc(OC)n1.Cl. The molecular weight excluding hydrogens is 188 g/mol. The molecule has 0 aliphatic carbocycles. The maximum Gasteiger partial charge on any atom is 0.213 e. The number of pyridine rings is 1. The highest BCUT2D eigenvalue weighted by molar-refractivity contribution is 5.85. The Bertz CT molecular complexity index is 255. The Hall–Kier alpha value is -0.800. The van der Waals surface area contributed by atoms with E-state index in [2.05, 4.69) is 4.98 Å².